The van der Waals surface area contributed by atoms with E-state index in [0.717, 1.165) is 34.8 Å². The number of nitrogens with zero attached hydrogens (tertiary/aromatic N) is 5. The normalized spacial score (nSPS) is 15.9. The maximum Gasteiger partial charge on any atom is 0.224 e. The minimum atomic E-state index is -0.302. The zero-order valence-corrected chi connectivity index (χ0v) is 17.0. The fraction of sp³-hybridized carbons (Fsp3) is 0.318. The molecule has 0 radical (unpaired) electrons. The smallest absolute Gasteiger partial charge is 0.224 e. The maximum atomic E-state index is 9.83. The van der Waals surface area contributed by atoms with Gasteiger partial charge in [-0.3, -0.25) is 0 Å². The third kappa shape index (κ3) is 2.97. The maximum absolute atomic E-state index is 9.83. The number of rotatable bonds is 4. The molecule has 1 unspecified atom stereocenters. The van der Waals surface area contributed by atoms with Gasteiger partial charge in [-0.05, 0) is 44.9 Å². The van der Waals surface area contributed by atoms with E-state index in [1.54, 1.807) is 6.20 Å². The number of nitriles is 1. The average Bonchev–Trinajstić information content (AvgIpc) is 3.30. The van der Waals surface area contributed by atoms with Gasteiger partial charge in [0, 0.05) is 18.1 Å². The van der Waals surface area contributed by atoms with Gasteiger partial charge in [-0.2, -0.15) is 10.4 Å². The molecule has 3 heterocycles. The van der Waals surface area contributed by atoms with E-state index < -0.39 is 0 Å². The topological polar surface area (TPSA) is 94.7 Å². The van der Waals surface area contributed by atoms with Crippen LogP contribution < -0.4 is 10.5 Å². The van der Waals surface area contributed by atoms with Crippen LogP contribution in [-0.4, -0.2) is 19.3 Å². The molecule has 0 fully saturated rings. The minimum Gasteiger partial charge on any atom is -0.422 e. The van der Waals surface area contributed by atoms with Gasteiger partial charge in [0.25, 0.3) is 0 Å². The third-order valence-corrected chi connectivity index (χ3v) is 5.30. The SMILES string of the molecule is CCc1nn(C(C)C)c2c1C(c1ccc(-n3ccnc3C)cc1)C(C#N)=C(N)O2. The lowest BCUT2D eigenvalue weighted by Gasteiger charge is -2.25. The van der Waals surface area contributed by atoms with E-state index >= 15 is 0 Å². The van der Waals surface area contributed by atoms with E-state index in [4.69, 9.17) is 15.6 Å². The van der Waals surface area contributed by atoms with E-state index in [9.17, 15) is 5.26 Å². The second kappa shape index (κ2) is 7.13. The highest BCUT2D eigenvalue weighted by Crippen LogP contribution is 2.45. The van der Waals surface area contributed by atoms with Gasteiger partial charge in [-0.25, -0.2) is 9.67 Å². The Morgan fingerprint density at radius 3 is 2.55 bits per heavy atom. The summed E-state index contributed by atoms with van der Waals surface area (Å²) in [6.45, 7) is 8.12. The number of nitrogens with two attached hydrogens (primary N) is 1. The van der Waals surface area contributed by atoms with Crippen LogP contribution in [0.3, 0.4) is 0 Å². The molecule has 3 aromatic rings. The first kappa shape index (κ1) is 18.8. The molecule has 1 atom stereocenters. The molecule has 29 heavy (non-hydrogen) atoms. The molecule has 0 aliphatic carbocycles. The molecule has 0 amide bonds. The number of aromatic nitrogens is 4. The fourth-order valence-electron chi connectivity index (χ4n) is 3.86. The number of aryl methyl sites for hydroxylation is 2. The van der Waals surface area contributed by atoms with Crippen molar-refractivity contribution in [2.75, 3.05) is 0 Å². The average molecular weight is 388 g/mol. The van der Waals surface area contributed by atoms with Crippen LogP contribution in [0.4, 0.5) is 0 Å². The standard InChI is InChI=1S/C22H24N6O/c1-5-18-20-19(15-6-8-16(9-7-15)27-11-10-25-14(27)4)17(12-23)21(24)29-22(20)28(26-18)13(2)3/h6-11,13,19H,5,24H2,1-4H3. The Morgan fingerprint density at radius 2 is 2.00 bits per heavy atom. The molecule has 7 heteroatoms. The number of fused-ring (bicyclic) bond motifs is 1. The van der Waals surface area contributed by atoms with Crippen molar-refractivity contribution in [3.8, 4) is 17.6 Å². The summed E-state index contributed by atoms with van der Waals surface area (Å²) in [5, 5.41) is 14.6. The van der Waals surface area contributed by atoms with Crippen molar-refractivity contribution in [1.29, 1.82) is 5.26 Å². The van der Waals surface area contributed by atoms with E-state index in [1.165, 1.54) is 0 Å². The molecule has 0 bridgehead atoms. The summed E-state index contributed by atoms with van der Waals surface area (Å²) in [6.07, 6.45) is 4.45. The zero-order chi connectivity index (χ0) is 20.7. The van der Waals surface area contributed by atoms with E-state index in [-0.39, 0.29) is 17.8 Å². The van der Waals surface area contributed by atoms with Crippen LogP contribution in [-0.2, 0) is 6.42 Å². The van der Waals surface area contributed by atoms with Crippen LogP contribution in [0.2, 0.25) is 0 Å². The Hall–Kier alpha value is -3.53. The van der Waals surface area contributed by atoms with Crippen molar-refractivity contribution in [2.24, 2.45) is 5.73 Å². The van der Waals surface area contributed by atoms with Crippen LogP contribution in [0.1, 0.15) is 55.4 Å². The molecule has 0 saturated heterocycles. The van der Waals surface area contributed by atoms with E-state index in [1.807, 2.05) is 60.5 Å². The molecule has 2 N–H and O–H groups in total. The Morgan fingerprint density at radius 1 is 1.28 bits per heavy atom. The van der Waals surface area contributed by atoms with Gasteiger partial charge in [0.2, 0.25) is 11.8 Å². The largest absolute Gasteiger partial charge is 0.422 e. The highest BCUT2D eigenvalue weighted by Gasteiger charge is 2.36. The lowest BCUT2D eigenvalue weighted by molar-refractivity contribution is 0.334. The van der Waals surface area contributed by atoms with E-state index in [0.29, 0.717) is 11.5 Å². The predicted octanol–water partition coefficient (Wildman–Crippen LogP) is 3.74. The summed E-state index contributed by atoms with van der Waals surface area (Å²) >= 11 is 0. The van der Waals surface area contributed by atoms with Crippen LogP contribution >= 0.6 is 0 Å². The van der Waals surface area contributed by atoms with Gasteiger partial charge in [0.15, 0.2) is 0 Å². The first-order chi connectivity index (χ1) is 14.0. The first-order valence-corrected chi connectivity index (χ1v) is 9.75. The number of benzene rings is 1. The summed E-state index contributed by atoms with van der Waals surface area (Å²) in [5.74, 6) is 1.39. The van der Waals surface area contributed by atoms with E-state index in [2.05, 4.69) is 18.0 Å². The van der Waals surface area contributed by atoms with Gasteiger partial charge in [0.1, 0.15) is 17.5 Å². The number of hydrogen-bond acceptors (Lipinski definition) is 5. The summed E-state index contributed by atoms with van der Waals surface area (Å²) in [6, 6.07) is 10.5. The number of allylic oxidation sites excluding steroid dienone is 1. The second-order valence-electron chi connectivity index (χ2n) is 7.42. The van der Waals surface area contributed by atoms with Gasteiger partial charge < -0.3 is 15.0 Å². The molecule has 0 spiro atoms. The van der Waals surface area contributed by atoms with Crippen LogP contribution in [0, 0.1) is 18.3 Å². The van der Waals surface area contributed by atoms with Crippen molar-refractivity contribution in [2.45, 2.75) is 46.1 Å². The molecule has 4 rings (SSSR count). The highest BCUT2D eigenvalue weighted by molar-refractivity contribution is 5.56. The van der Waals surface area contributed by atoms with Gasteiger partial charge in [0.05, 0.1) is 23.2 Å². The minimum absolute atomic E-state index is 0.118. The molecule has 148 valence electrons. The number of hydrogen-bond donors (Lipinski definition) is 1. The molecule has 1 aromatic carbocycles. The fourth-order valence-corrected chi connectivity index (χ4v) is 3.86. The van der Waals surface area contributed by atoms with Crippen LogP contribution in [0.5, 0.6) is 5.88 Å². The number of ether oxygens (including phenoxy) is 1. The summed E-state index contributed by atoms with van der Waals surface area (Å²) in [7, 11) is 0. The van der Waals surface area contributed by atoms with Crippen molar-refractivity contribution < 1.29 is 4.74 Å². The predicted molar refractivity (Wildman–Crippen MR) is 110 cm³/mol. The Bertz CT molecular complexity index is 1130. The summed E-state index contributed by atoms with van der Waals surface area (Å²) < 4.78 is 9.75. The zero-order valence-electron chi connectivity index (χ0n) is 17.0. The Labute approximate surface area is 170 Å². The molecule has 1 aliphatic heterocycles. The molecular weight excluding hydrogens is 364 g/mol. The molecule has 1 aliphatic rings. The molecule has 2 aromatic heterocycles. The van der Waals surface area contributed by atoms with Crippen LogP contribution in [0.25, 0.3) is 5.69 Å². The first-order valence-electron chi connectivity index (χ1n) is 9.75. The summed E-state index contributed by atoms with van der Waals surface area (Å²) in [5.41, 5.74) is 10.4. The van der Waals surface area contributed by atoms with Gasteiger partial charge in [-0.1, -0.05) is 19.1 Å². The highest BCUT2D eigenvalue weighted by atomic mass is 16.5. The van der Waals surface area contributed by atoms with Gasteiger partial charge in [-0.15, -0.1) is 0 Å². The van der Waals surface area contributed by atoms with Crippen molar-refractivity contribution in [3.05, 3.63) is 70.8 Å². The Balaban J connectivity index is 1.87. The van der Waals surface area contributed by atoms with Crippen molar-refractivity contribution in [3.63, 3.8) is 0 Å². The third-order valence-electron chi connectivity index (χ3n) is 5.30. The molecule has 0 saturated carbocycles. The van der Waals surface area contributed by atoms with Gasteiger partial charge >= 0.3 is 0 Å². The monoisotopic (exact) mass is 388 g/mol. The lowest BCUT2D eigenvalue weighted by Crippen LogP contribution is -2.22. The lowest BCUT2D eigenvalue weighted by atomic mass is 9.83. The second-order valence-corrected chi connectivity index (χ2v) is 7.42. The molecule has 7 nitrogen and oxygen atoms in total. The molecular formula is C22H24N6O. The van der Waals surface area contributed by atoms with Crippen LogP contribution in [0.15, 0.2) is 48.1 Å². The Kier molecular flexibility index (Phi) is 4.63. The van der Waals surface area contributed by atoms with Crippen molar-refractivity contribution >= 4 is 0 Å². The quantitative estimate of drug-likeness (QED) is 0.735. The number of imidazole rings is 1. The van der Waals surface area contributed by atoms with Crippen molar-refractivity contribution in [1.82, 2.24) is 19.3 Å². The summed E-state index contributed by atoms with van der Waals surface area (Å²) in [4.78, 5) is 4.28.